The first-order valence-corrected chi connectivity index (χ1v) is 4.88. The summed E-state index contributed by atoms with van der Waals surface area (Å²) in [5, 5.41) is 2.73. The van der Waals surface area contributed by atoms with E-state index in [2.05, 4.69) is 5.32 Å². The fourth-order valence-electron chi connectivity index (χ4n) is 1.42. The monoisotopic (exact) mass is 207 g/mol. The van der Waals surface area contributed by atoms with Crippen LogP contribution in [-0.2, 0) is 11.3 Å². The molecule has 1 aliphatic rings. The minimum Gasteiger partial charge on any atom is -0.486 e. The molecule has 0 fully saturated rings. The molecule has 1 aromatic carbocycles. The van der Waals surface area contributed by atoms with E-state index in [-0.39, 0.29) is 5.91 Å². The number of hydrogen-bond acceptors (Lipinski definition) is 3. The number of rotatable bonds is 2. The van der Waals surface area contributed by atoms with Gasteiger partial charge in [-0.2, -0.15) is 0 Å². The molecule has 0 unspecified atom stereocenters. The van der Waals surface area contributed by atoms with Crippen LogP contribution in [0.2, 0.25) is 0 Å². The predicted octanol–water partition coefficient (Wildman–Crippen LogP) is 1.09. The second-order valence-corrected chi connectivity index (χ2v) is 3.39. The summed E-state index contributed by atoms with van der Waals surface area (Å²) in [5.41, 5.74) is 1.01. The summed E-state index contributed by atoms with van der Waals surface area (Å²) in [6.45, 7) is 3.19. The molecule has 1 aliphatic heterocycles. The number of ether oxygens (including phenoxy) is 2. The van der Waals surface area contributed by atoms with Crippen LogP contribution in [0.25, 0.3) is 0 Å². The largest absolute Gasteiger partial charge is 0.486 e. The number of amides is 1. The second kappa shape index (κ2) is 4.21. The van der Waals surface area contributed by atoms with Gasteiger partial charge in [0.25, 0.3) is 0 Å². The van der Waals surface area contributed by atoms with Crippen molar-refractivity contribution < 1.29 is 14.3 Å². The maximum atomic E-state index is 10.7. The Morgan fingerprint density at radius 2 is 2.07 bits per heavy atom. The Kier molecular flexibility index (Phi) is 2.76. The van der Waals surface area contributed by atoms with Gasteiger partial charge < -0.3 is 14.8 Å². The van der Waals surface area contributed by atoms with Gasteiger partial charge in [-0.25, -0.2) is 0 Å². The molecule has 0 aliphatic carbocycles. The normalized spacial score (nSPS) is 13.4. The Labute approximate surface area is 88.2 Å². The van der Waals surface area contributed by atoms with E-state index in [0.29, 0.717) is 19.8 Å². The van der Waals surface area contributed by atoms with Crippen molar-refractivity contribution >= 4 is 5.91 Å². The highest BCUT2D eigenvalue weighted by Crippen LogP contribution is 2.30. The third kappa shape index (κ3) is 2.40. The number of fused-ring (bicyclic) bond motifs is 1. The maximum absolute atomic E-state index is 10.7. The summed E-state index contributed by atoms with van der Waals surface area (Å²) in [6, 6.07) is 5.68. The zero-order valence-corrected chi connectivity index (χ0v) is 8.58. The summed E-state index contributed by atoms with van der Waals surface area (Å²) in [7, 11) is 0. The first kappa shape index (κ1) is 9.83. The second-order valence-electron chi connectivity index (χ2n) is 3.39. The third-order valence-corrected chi connectivity index (χ3v) is 2.15. The molecule has 4 heteroatoms. The van der Waals surface area contributed by atoms with Gasteiger partial charge in [0.1, 0.15) is 13.2 Å². The molecule has 1 amide bonds. The van der Waals surface area contributed by atoms with Gasteiger partial charge in [-0.3, -0.25) is 4.79 Å². The van der Waals surface area contributed by atoms with Crippen molar-refractivity contribution in [2.45, 2.75) is 13.5 Å². The fourth-order valence-corrected chi connectivity index (χ4v) is 1.42. The van der Waals surface area contributed by atoms with Crippen LogP contribution in [0, 0.1) is 0 Å². The van der Waals surface area contributed by atoms with Crippen molar-refractivity contribution in [1.29, 1.82) is 0 Å². The molecule has 0 bridgehead atoms. The highest BCUT2D eigenvalue weighted by Gasteiger charge is 2.11. The highest BCUT2D eigenvalue weighted by atomic mass is 16.6. The van der Waals surface area contributed by atoms with Crippen LogP contribution in [0.3, 0.4) is 0 Å². The summed E-state index contributed by atoms with van der Waals surface area (Å²) in [6.07, 6.45) is 0. The van der Waals surface area contributed by atoms with Crippen molar-refractivity contribution in [3.05, 3.63) is 23.8 Å². The number of carbonyl (C=O) groups excluding carboxylic acids is 1. The fraction of sp³-hybridized carbons (Fsp3) is 0.364. The van der Waals surface area contributed by atoms with E-state index in [1.165, 1.54) is 6.92 Å². The zero-order valence-electron chi connectivity index (χ0n) is 8.58. The quantitative estimate of drug-likeness (QED) is 0.789. The van der Waals surface area contributed by atoms with Crippen LogP contribution in [-0.4, -0.2) is 19.1 Å². The third-order valence-electron chi connectivity index (χ3n) is 2.15. The lowest BCUT2D eigenvalue weighted by molar-refractivity contribution is -0.119. The maximum Gasteiger partial charge on any atom is 0.217 e. The van der Waals surface area contributed by atoms with Crippen LogP contribution in [0.15, 0.2) is 18.2 Å². The van der Waals surface area contributed by atoms with Crippen molar-refractivity contribution in [1.82, 2.24) is 5.32 Å². The van der Waals surface area contributed by atoms with Gasteiger partial charge in [0.05, 0.1) is 0 Å². The summed E-state index contributed by atoms with van der Waals surface area (Å²) < 4.78 is 10.8. The number of carbonyl (C=O) groups is 1. The molecule has 0 saturated heterocycles. The Hall–Kier alpha value is -1.71. The van der Waals surface area contributed by atoms with Gasteiger partial charge in [-0.1, -0.05) is 6.07 Å². The Morgan fingerprint density at radius 3 is 2.80 bits per heavy atom. The van der Waals surface area contributed by atoms with Gasteiger partial charge in [-0.05, 0) is 17.7 Å². The van der Waals surface area contributed by atoms with Gasteiger partial charge in [0.2, 0.25) is 5.91 Å². The molecule has 1 heterocycles. The van der Waals surface area contributed by atoms with Gasteiger partial charge in [-0.15, -0.1) is 0 Å². The smallest absolute Gasteiger partial charge is 0.217 e. The Morgan fingerprint density at radius 1 is 1.33 bits per heavy atom. The lowest BCUT2D eigenvalue weighted by Crippen LogP contribution is -2.19. The molecule has 15 heavy (non-hydrogen) atoms. The molecule has 4 nitrogen and oxygen atoms in total. The summed E-state index contributed by atoms with van der Waals surface area (Å²) >= 11 is 0. The van der Waals surface area contributed by atoms with E-state index in [9.17, 15) is 4.79 Å². The van der Waals surface area contributed by atoms with E-state index in [1.807, 2.05) is 18.2 Å². The molecule has 0 radical (unpaired) electrons. The molecule has 0 atom stereocenters. The van der Waals surface area contributed by atoms with Crippen molar-refractivity contribution in [3.8, 4) is 11.5 Å². The van der Waals surface area contributed by atoms with E-state index in [1.54, 1.807) is 0 Å². The van der Waals surface area contributed by atoms with Crippen LogP contribution in [0.1, 0.15) is 12.5 Å². The molecule has 0 saturated carbocycles. The van der Waals surface area contributed by atoms with Gasteiger partial charge in [0, 0.05) is 13.5 Å². The molecule has 1 aromatic rings. The number of benzene rings is 1. The van der Waals surface area contributed by atoms with Gasteiger partial charge >= 0.3 is 0 Å². The molecule has 2 rings (SSSR count). The first-order chi connectivity index (χ1) is 7.25. The van der Waals surface area contributed by atoms with E-state index in [0.717, 1.165) is 17.1 Å². The van der Waals surface area contributed by atoms with Crippen LogP contribution >= 0.6 is 0 Å². The standard InChI is InChI=1S/C11H13NO3/c1-8(13)12-7-9-2-3-10-11(6-9)15-5-4-14-10/h2-3,6H,4-5,7H2,1H3,(H,12,13). The van der Waals surface area contributed by atoms with Crippen molar-refractivity contribution in [2.24, 2.45) is 0 Å². The molecular formula is C11H13NO3. The zero-order chi connectivity index (χ0) is 10.7. The van der Waals surface area contributed by atoms with Crippen LogP contribution in [0.5, 0.6) is 11.5 Å². The summed E-state index contributed by atoms with van der Waals surface area (Å²) in [4.78, 5) is 10.7. The lowest BCUT2D eigenvalue weighted by Gasteiger charge is -2.18. The average molecular weight is 207 g/mol. The van der Waals surface area contributed by atoms with Crippen molar-refractivity contribution in [3.63, 3.8) is 0 Å². The van der Waals surface area contributed by atoms with E-state index < -0.39 is 0 Å². The van der Waals surface area contributed by atoms with E-state index in [4.69, 9.17) is 9.47 Å². The Bertz CT molecular complexity index is 376. The SMILES string of the molecule is CC(=O)NCc1ccc2c(c1)OCCO2. The molecular weight excluding hydrogens is 194 g/mol. The molecule has 80 valence electrons. The number of nitrogens with one attached hydrogen (secondary N) is 1. The summed E-state index contributed by atoms with van der Waals surface area (Å²) in [5.74, 6) is 1.49. The first-order valence-electron chi connectivity index (χ1n) is 4.88. The van der Waals surface area contributed by atoms with Crippen LogP contribution < -0.4 is 14.8 Å². The van der Waals surface area contributed by atoms with E-state index >= 15 is 0 Å². The van der Waals surface area contributed by atoms with Crippen LogP contribution in [0.4, 0.5) is 0 Å². The number of hydrogen-bond donors (Lipinski definition) is 1. The highest BCUT2D eigenvalue weighted by molar-refractivity contribution is 5.72. The predicted molar refractivity (Wildman–Crippen MR) is 55.0 cm³/mol. The molecule has 0 spiro atoms. The minimum atomic E-state index is -0.0371. The molecule has 0 aromatic heterocycles. The Balaban J connectivity index is 2.10. The minimum absolute atomic E-state index is 0.0371. The van der Waals surface area contributed by atoms with Gasteiger partial charge in [0.15, 0.2) is 11.5 Å². The topological polar surface area (TPSA) is 47.6 Å². The molecule has 1 N–H and O–H groups in total. The lowest BCUT2D eigenvalue weighted by atomic mass is 10.2. The average Bonchev–Trinajstić information content (AvgIpc) is 2.26. The van der Waals surface area contributed by atoms with Crippen molar-refractivity contribution in [2.75, 3.05) is 13.2 Å².